The van der Waals surface area contributed by atoms with Gasteiger partial charge in [0.25, 0.3) is 0 Å². The molecule has 2 atom stereocenters. The molecule has 128 valence electrons. The van der Waals surface area contributed by atoms with Gasteiger partial charge in [-0.05, 0) is 29.8 Å². The first-order valence-corrected chi connectivity index (χ1v) is 9.17. The zero-order valence-electron chi connectivity index (χ0n) is 14.2. The van der Waals surface area contributed by atoms with Crippen LogP contribution in [-0.2, 0) is 6.54 Å². The number of likely N-dealkylation sites (N-methyl/N-ethyl adjacent to an activating group) is 1. The Bertz CT molecular complexity index is 791. The molecule has 3 aromatic rings. The van der Waals surface area contributed by atoms with E-state index in [2.05, 4.69) is 46.1 Å². The van der Waals surface area contributed by atoms with E-state index in [1.807, 2.05) is 66.7 Å². The second kappa shape index (κ2) is 8.43. The van der Waals surface area contributed by atoms with Gasteiger partial charge in [0, 0.05) is 11.0 Å². The number of aliphatic hydroxyl groups excluding tert-OH is 1. The molecule has 0 unspecified atom stereocenters. The lowest BCUT2D eigenvalue weighted by Crippen LogP contribution is -2.29. The number of hydrogen-bond acceptors (Lipinski definition) is 2. The SMILES string of the molecule is CN(Cc1ccccc1Br)[C@@H](c1ccccc1)[C@H](O)c1ccccc1. The van der Waals surface area contributed by atoms with Crippen molar-refractivity contribution in [2.75, 3.05) is 7.05 Å². The van der Waals surface area contributed by atoms with E-state index in [0.717, 1.165) is 22.1 Å². The molecule has 0 aliphatic carbocycles. The highest BCUT2D eigenvalue weighted by atomic mass is 79.9. The summed E-state index contributed by atoms with van der Waals surface area (Å²) in [6, 6.07) is 28.1. The van der Waals surface area contributed by atoms with Gasteiger partial charge in [0.05, 0.1) is 12.1 Å². The molecule has 0 bridgehead atoms. The molecule has 0 aromatic heterocycles. The Morgan fingerprint density at radius 1 is 0.800 bits per heavy atom. The van der Waals surface area contributed by atoms with Gasteiger partial charge in [-0.3, -0.25) is 4.90 Å². The van der Waals surface area contributed by atoms with Crippen LogP contribution in [0, 0.1) is 0 Å². The van der Waals surface area contributed by atoms with Crippen molar-refractivity contribution >= 4 is 15.9 Å². The van der Waals surface area contributed by atoms with E-state index in [9.17, 15) is 5.11 Å². The van der Waals surface area contributed by atoms with Gasteiger partial charge in [0.1, 0.15) is 0 Å². The molecule has 0 heterocycles. The van der Waals surface area contributed by atoms with Crippen molar-refractivity contribution in [2.24, 2.45) is 0 Å². The summed E-state index contributed by atoms with van der Waals surface area (Å²) < 4.78 is 1.09. The fourth-order valence-electron chi connectivity index (χ4n) is 3.15. The lowest BCUT2D eigenvalue weighted by Gasteiger charge is -2.33. The highest BCUT2D eigenvalue weighted by molar-refractivity contribution is 9.10. The van der Waals surface area contributed by atoms with E-state index >= 15 is 0 Å². The van der Waals surface area contributed by atoms with Crippen LogP contribution in [0.4, 0.5) is 0 Å². The van der Waals surface area contributed by atoms with Crippen molar-refractivity contribution in [1.82, 2.24) is 4.90 Å². The largest absolute Gasteiger partial charge is 0.386 e. The summed E-state index contributed by atoms with van der Waals surface area (Å²) >= 11 is 3.62. The van der Waals surface area contributed by atoms with Crippen molar-refractivity contribution in [1.29, 1.82) is 0 Å². The number of rotatable bonds is 6. The Morgan fingerprint density at radius 2 is 1.32 bits per heavy atom. The van der Waals surface area contributed by atoms with Gasteiger partial charge in [0.2, 0.25) is 0 Å². The average Bonchev–Trinajstić information content (AvgIpc) is 2.65. The van der Waals surface area contributed by atoms with E-state index in [-0.39, 0.29) is 6.04 Å². The number of nitrogens with zero attached hydrogens (tertiary/aromatic N) is 1. The molecule has 0 aliphatic rings. The van der Waals surface area contributed by atoms with Gasteiger partial charge in [-0.2, -0.15) is 0 Å². The molecule has 0 spiro atoms. The fraction of sp³-hybridized carbons (Fsp3) is 0.182. The summed E-state index contributed by atoms with van der Waals surface area (Å²) in [5.41, 5.74) is 3.23. The van der Waals surface area contributed by atoms with Crippen LogP contribution < -0.4 is 0 Å². The highest BCUT2D eigenvalue weighted by Crippen LogP contribution is 2.34. The predicted octanol–water partition coefficient (Wildman–Crippen LogP) is 5.36. The second-order valence-electron chi connectivity index (χ2n) is 6.22. The Morgan fingerprint density at radius 3 is 1.92 bits per heavy atom. The Labute approximate surface area is 157 Å². The minimum atomic E-state index is -0.601. The summed E-state index contributed by atoms with van der Waals surface area (Å²) in [5.74, 6) is 0. The molecule has 3 heteroatoms. The van der Waals surface area contributed by atoms with Gasteiger partial charge in [0.15, 0.2) is 0 Å². The van der Waals surface area contributed by atoms with Gasteiger partial charge in [-0.15, -0.1) is 0 Å². The normalized spacial score (nSPS) is 13.6. The molecule has 0 saturated heterocycles. The zero-order chi connectivity index (χ0) is 17.6. The number of halogens is 1. The van der Waals surface area contributed by atoms with Crippen molar-refractivity contribution < 1.29 is 5.11 Å². The summed E-state index contributed by atoms with van der Waals surface area (Å²) in [6.45, 7) is 0.741. The maximum atomic E-state index is 11.1. The zero-order valence-corrected chi connectivity index (χ0v) is 15.8. The lowest BCUT2D eigenvalue weighted by atomic mass is 9.94. The molecular weight excluding hydrogens is 374 g/mol. The Hall–Kier alpha value is -1.94. The first kappa shape index (κ1) is 17.9. The summed E-state index contributed by atoms with van der Waals surface area (Å²) in [6.07, 6.45) is -0.601. The second-order valence-corrected chi connectivity index (χ2v) is 7.07. The van der Waals surface area contributed by atoms with E-state index in [0.29, 0.717) is 0 Å². The van der Waals surface area contributed by atoms with Crippen LogP contribution in [0.15, 0.2) is 89.4 Å². The van der Waals surface area contributed by atoms with Crippen LogP contribution in [0.3, 0.4) is 0 Å². The van der Waals surface area contributed by atoms with Gasteiger partial charge in [-0.1, -0.05) is 94.8 Å². The van der Waals surface area contributed by atoms with Crippen LogP contribution in [0.1, 0.15) is 28.8 Å². The van der Waals surface area contributed by atoms with E-state index in [1.54, 1.807) is 0 Å². The first-order chi connectivity index (χ1) is 12.2. The van der Waals surface area contributed by atoms with Crippen molar-refractivity contribution in [3.63, 3.8) is 0 Å². The van der Waals surface area contributed by atoms with Crippen LogP contribution in [0.2, 0.25) is 0 Å². The molecule has 0 saturated carbocycles. The molecule has 0 aliphatic heterocycles. The molecule has 25 heavy (non-hydrogen) atoms. The van der Waals surface area contributed by atoms with Crippen LogP contribution in [0.25, 0.3) is 0 Å². The van der Waals surface area contributed by atoms with Gasteiger partial charge < -0.3 is 5.11 Å². The molecule has 3 aromatic carbocycles. The predicted molar refractivity (Wildman–Crippen MR) is 106 cm³/mol. The van der Waals surface area contributed by atoms with E-state index < -0.39 is 6.10 Å². The Balaban J connectivity index is 1.92. The molecule has 1 N–H and O–H groups in total. The maximum absolute atomic E-state index is 11.1. The number of hydrogen-bond donors (Lipinski definition) is 1. The summed E-state index contributed by atoms with van der Waals surface area (Å²) in [5, 5.41) is 11.1. The summed E-state index contributed by atoms with van der Waals surface area (Å²) in [4.78, 5) is 2.20. The maximum Gasteiger partial charge on any atom is 0.0986 e. The minimum Gasteiger partial charge on any atom is -0.386 e. The minimum absolute atomic E-state index is 0.129. The molecule has 0 amide bonds. The van der Waals surface area contributed by atoms with Crippen LogP contribution in [0.5, 0.6) is 0 Å². The van der Waals surface area contributed by atoms with Crippen molar-refractivity contribution in [2.45, 2.75) is 18.7 Å². The Kier molecular flexibility index (Phi) is 6.03. The van der Waals surface area contributed by atoms with Crippen LogP contribution in [-0.4, -0.2) is 17.1 Å². The molecule has 0 radical (unpaired) electrons. The number of aliphatic hydroxyl groups is 1. The first-order valence-electron chi connectivity index (χ1n) is 8.38. The molecule has 3 rings (SSSR count). The standard InChI is InChI=1S/C22H22BrNO/c1-24(16-19-14-8-9-15-20(19)23)21(17-10-4-2-5-11-17)22(25)18-12-6-3-7-13-18/h2-15,21-22,25H,16H2,1H3/t21-,22+/m0/s1. The third-order valence-electron chi connectivity index (χ3n) is 4.43. The third kappa shape index (κ3) is 4.37. The lowest BCUT2D eigenvalue weighted by molar-refractivity contribution is 0.0578. The van der Waals surface area contributed by atoms with Crippen LogP contribution >= 0.6 is 15.9 Å². The van der Waals surface area contributed by atoms with E-state index in [4.69, 9.17) is 0 Å². The molecule has 0 fully saturated rings. The van der Waals surface area contributed by atoms with Gasteiger partial charge >= 0.3 is 0 Å². The van der Waals surface area contributed by atoms with Gasteiger partial charge in [-0.25, -0.2) is 0 Å². The topological polar surface area (TPSA) is 23.5 Å². The molecular formula is C22H22BrNO. The van der Waals surface area contributed by atoms with E-state index in [1.165, 1.54) is 5.56 Å². The van der Waals surface area contributed by atoms with Crippen molar-refractivity contribution in [3.8, 4) is 0 Å². The fourth-order valence-corrected chi connectivity index (χ4v) is 3.56. The quantitative estimate of drug-likeness (QED) is 0.607. The van der Waals surface area contributed by atoms with Crippen molar-refractivity contribution in [3.05, 3.63) is 106 Å². The third-order valence-corrected chi connectivity index (χ3v) is 5.21. The highest BCUT2D eigenvalue weighted by Gasteiger charge is 2.27. The summed E-state index contributed by atoms with van der Waals surface area (Å²) in [7, 11) is 2.06. The molecule has 2 nitrogen and oxygen atoms in total. The average molecular weight is 396 g/mol. The monoisotopic (exact) mass is 395 g/mol. The number of benzene rings is 3. The smallest absolute Gasteiger partial charge is 0.0986 e.